The Morgan fingerprint density at radius 2 is 1.67 bits per heavy atom. The molecule has 0 radical (unpaired) electrons. The molecule has 0 aliphatic heterocycles. The monoisotopic (exact) mass is 331 g/mol. The highest BCUT2D eigenvalue weighted by molar-refractivity contribution is 6.26. The minimum atomic E-state index is -4.41. The number of benzene rings is 1. The molecule has 0 amide bonds. The van der Waals surface area contributed by atoms with E-state index in [1.165, 1.54) is 18.3 Å². The van der Waals surface area contributed by atoms with Gasteiger partial charge in [0.15, 0.2) is 5.78 Å². The molecular weight excluding hydrogens is 319 g/mol. The minimum absolute atomic E-state index is 0.0879. The van der Waals surface area contributed by atoms with E-state index in [0.717, 1.165) is 12.1 Å². The number of rotatable bonds is 2. The summed E-state index contributed by atoms with van der Waals surface area (Å²) in [6.07, 6.45) is -2.89. The van der Waals surface area contributed by atoms with Gasteiger partial charge in [0.1, 0.15) is 5.69 Å². The highest BCUT2D eigenvalue weighted by atomic mass is 19.4. The number of Topliss-reactive ketones (excluding diaryl/α,β-unsaturated/α-hetero) is 2. The van der Waals surface area contributed by atoms with E-state index in [1.54, 1.807) is 19.1 Å². The molecule has 0 saturated heterocycles. The lowest BCUT2D eigenvalue weighted by atomic mass is 9.85. The number of hydrogen-bond donors (Lipinski definition) is 0. The van der Waals surface area contributed by atoms with Crippen LogP contribution in [0.1, 0.15) is 38.9 Å². The zero-order chi connectivity index (χ0) is 17.5. The van der Waals surface area contributed by atoms with Crippen LogP contribution in [0.4, 0.5) is 13.2 Å². The van der Waals surface area contributed by atoms with Gasteiger partial charge in [-0.1, -0.05) is 12.1 Å². The van der Waals surface area contributed by atoms with Crippen molar-refractivity contribution in [2.24, 2.45) is 0 Å². The van der Waals surface area contributed by atoms with E-state index in [0.29, 0.717) is 11.1 Å². The van der Waals surface area contributed by atoms with Crippen molar-refractivity contribution in [3.63, 3.8) is 0 Å². The number of halogens is 3. The molecule has 0 fully saturated rings. The fraction of sp³-hybridized carbons (Fsp3) is 0.167. The van der Waals surface area contributed by atoms with Crippen molar-refractivity contribution in [1.82, 2.24) is 4.98 Å². The second-order valence-corrected chi connectivity index (χ2v) is 5.53. The van der Waals surface area contributed by atoms with E-state index in [9.17, 15) is 22.8 Å². The van der Waals surface area contributed by atoms with E-state index in [-0.39, 0.29) is 34.8 Å². The zero-order valence-electron chi connectivity index (χ0n) is 12.6. The predicted octanol–water partition coefficient (Wildman–Crippen LogP) is 4.04. The van der Waals surface area contributed by atoms with E-state index in [4.69, 9.17) is 0 Å². The highest BCUT2D eigenvalue weighted by Crippen LogP contribution is 2.31. The van der Waals surface area contributed by atoms with Gasteiger partial charge in [0.25, 0.3) is 0 Å². The van der Waals surface area contributed by atoms with Crippen molar-refractivity contribution in [1.29, 1.82) is 0 Å². The summed E-state index contributed by atoms with van der Waals surface area (Å²) in [4.78, 5) is 28.9. The minimum Gasteiger partial charge on any atom is -0.289 e. The summed E-state index contributed by atoms with van der Waals surface area (Å²) in [6.45, 7) is 1.55. The first-order chi connectivity index (χ1) is 11.3. The van der Waals surface area contributed by atoms with Crippen molar-refractivity contribution >= 4 is 11.6 Å². The molecular formula is C18H12F3NO2. The molecule has 122 valence electrons. The molecule has 1 aliphatic rings. The number of hydrogen-bond acceptors (Lipinski definition) is 3. The Balaban J connectivity index is 1.94. The molecule has 6 heteroatoms. The third kappa shape index (κ3) is 2.75. The number of aromatic nitrogens is 1. The van der Waals surface area contributed by atoms with Gasteiger partial charge in [0.2, 0.25) is 5.78 Å². The molecule has 1 aliphatic carbocycles. The highest BCUT2D eigenvalue weighted by Gasteiger charge is 2.32. The van der Waals surface area contributed by atoms with Crippen molar-refractivity contribution < 1.29 is 22.8 Å². The lowest BCUT2D eigenvalue weighted by Crippen LogP contribution is -2.23. The molecule has 0 unspecified atom stereocenters. The Morgan fingerprint density at radius 3 is 2.29 bits per heavy atom. The Bertz CT molecular complexity index is 865. The first kappa shape index (κ1) is 16.1. The molecule has 0 saturated carbocycles. The largest absolute Gasteiger partial charge is 0.416 e. The first-order valence-corrected chi connectivity index (χ1v) is 7.19. The van der Waals surface area contributed by atoms with Gasteiger partial charge in [-0.15, -0.1) is 0 Å². The second-order valence-electron chi connectivity index (χ2n) is 5.53. The number of allylic oxidation sites excluding steroid dienone is 2. The van der Waals surface area contributed by atoms with Crippen LogP contribution < -0.4 is 0 Å². The van der Waals surface area contributed by atoms with Crippen LogP contribution in [0.3, 0.4) is 0 Å². The Kier molecular flexibility index (Phi) is 3.83. The molecule has 1 aromatic heterocycles. The number of pyridine rings is 1. The summed E-state index contributed by atoms with van der Waals surface area (Å²) in [6, 6.07) is 7.68. The quantitative estimate of drug-likeness (QED) is 0.834. The summed E-state index contributed by atoms with van der Waals surface area (Å²) in [5.74, 6) is -0.637. The zero-order valence-corrected chi connectivity index (χ0v) is 12.6. The van der Waals surface area contributed by atoms with Crippen LogP contribution in [0, 0.1) is 0 Å². The second kappa shape index (κ2) is 5.70. The van der Waals surface area contributed by atoms with Crippen LogP contribution in [-0.2, 0) is 12.6 Å². The van der Waals surface area contributed by atoms with E-state index < -0.39 is 11.7 Å². The molecule has 3 rings (SSSR count). The SMILES string of the molecule is CC1=C(Cc2ccc(C(F)(F)F)cc2)C(=O)c2ncccc2C1=O. The first-order valence-electron chi connectivity index (χ1n) is 7.19. The van der Waals surface area contributed by atoms with E-state index in [2.05, 4.69) is 4.98 Å². The van der Waals surface area contributed by atoms with Gasteiger partial charge in [0, 0.05) is 23.8 Å². The summed E-state index contributed by atoms with van der Waals surface area (Å²) < 4.78 is 37.8. The molecule has 0 atom stereocenters. The maximum Gasteiger partial charge on any atom is 0.416 e. The molecule has 1 heterocycles. The third-order valence-corrected chi connectivity index (χ3v) is 4.00. The summed E-state index contributed by atoms with van der Waals surface area (Å²) >= 11 is 0. The predicted molar refractivity (Wildman–Crippen MR) is 80.7 cm³/mol. The van der Waals surface area contributed by atoms with Gasteiger partial charge < -0.3 is 0 Å². The average Bonchev–Trinajstić information content (AvgIpc) is 2.56. The smallest absolute Gasteiger partial charge is 0.289 e. The summed E-state index contributed by atoms with van der Waals surface area (Å²) in [5, 5.41) is 0. The maximum absolute atomic E-state index is 12.6. The van der Waals surface area contributed by atoms with Crippen LogP contribution >= 0.6 is 0 Å². The van der Waals surface area contributed by atoms with Crippen LogP contribution in [0.25, 0.3) is 0 Å². The number of carbonyl (C=O) groups is 2. The number of alkyl halides is 3. The van der Waals surface area contributed by atoms with Crippen LogP contribution in [-0.4, -0.2) is 16.6 Å². The van der Waals surface area contributed by atoms with Gasteiger partial charge in [-0.2, -0.15) is 13.2 Å². The Hall–Kier alpha value is -2.76. The number of ketones is 2. The van der Waals surface area contributed by atoms with Crippen LogP contribution in [0.5, 0.6) is 0 Å². The fourth-order valence-corrected chi connectivity index (χ4v) is 2.65. The Morgan fingerprint density at radius 1 is 1.00 bits per heavy atom. The topological polar surface area (TPSA) is 47.0 Å². The Labute approximate surface area is 135 Å². The van der Waals surface area contributed by atoms with Gasteiger partial charge in [-0.3, -0.25) is 14.6 Å². The van der Waals surface area contributed by atoms with Gasteiger partial charge in [0.05, 0.1) is 11.1 Å². The number of nitrogens with zero attached hydrogens (tertiary/aromatic N) is 1. The van der Waals surface area contributed by atoms with Crippen LogP contribution in [0.15, 0.2) is 53.7 Å². The van der Waals surface area contributed by atoms with Crippen molar-refractivity contribution in [3.05, 3.63) is 76.1 Å². The summed E-state index contributed by atoms with van der Waals surface area (Å²) in [5.41, 5.74) is 0.699. The molecule has 0 bridgehead atoms. The normalized spacial score (nSPS) is 14.8. The lowest BCUT2D eigenvalue weighted by Gasteiger charge is -2.18. The number of fused-ring (bicyclic) bond motifs is 1. The fourth-order valence-electron chi connectivity index (χ4n) is 2.65. The lowest BCUT2D eigenvalue weighted by molar-refractivity contribution is -0.137. The van der Waals surface area contributed by atoms with Gasteiger partial charge in [-0.25, -0.2) is 0 Å². The van der Waals surface area contributed by atoms with Crippen molar-refractivity contribution in [2.75, 3.05) is 0 Å². The molecule has 0 N–H and O–H groups in total. The van der Waals surface area contributed by atoms with Crippen molar-refractivity contribution in [3.8, 4) is 0 Å². The number of carbonyl (C=O) groups excluding carboxylic acids is 2. The van der Waals surface area contributed by atoms with E-state index >= 15 is 0 Å². The van der Waals surface area contributed by atoms with Gasteiger partial charge >= 0.3 is 6.18 Å². The third-order valence-electron chi connectivity index (χ3n) is 4.00. The standard InChI is InChI=1S/C18H12F3NO2/c1-10-14(9-11-4-6-12(7-5-11)18(19,20)21)17(24)15-13(16(10)23)3-2-8-22-15/h2-8H,9H2,1H3. The molecule has 1 aromatic carbocycles. The van der Waals surface area contributed by atoms with E-state index in [1.807, 2.05) is 0 Å². The molecule has 24 heavy (non-hydrogen) atoms. The van der Waals surface area contributed by atoms with Crippen molar-refractivity contribution in [2.45, 2.75) is 19.5 Å². The van der Waals surface area contributed by atoms with Gasteiger partial charge in [-0.05, 0) is 36.8 Å². The average molecular weight is 331 g/mol. The summed E-state index contributed by atoms with van der Waals surface area (Å²) in [7, 11) is 0. The molecule has 0 spiro atoms. The maximum atomic E-state index is 12.6. The van der Waals surface area contributed by atoms with Crippen LogP contribution in [0.2, 0.25) is 0 Å². The molecule has 3 nitrogen and oxygen atoms in total. The molecule has 2 aromatic rings.